The molecule has 4 fully saturated rings. The molecule has 4 rings (SSSR count). The maximum atomic E-state index is 12.0. The molecule has 0 aromatic carbocycles. The maximum Gasteiger partial charge on any atom is 0.508 e. The Kier molecular flexibility index (Phi) is 8.55. The van der Waals surface area contributed by atoms with Gasteiger partial charge in [-0.1, -0.05) is 34.1 Å². The van der Waals surface area contributed by atoms with Crippen LogP contribution in [0.3, 0.4) is 0 Å². The summed E-state index contributed by atoms with van der Waals surface area (Å²) in [6.07, 6.45) is 5.61. The fourth-order valence-electron chi connectivity index (χ4n) is 10.1. The molecule has 7 nitrogen and oxygen atoms in total. The van der Waals surface area contributed by atoms with E-state index in [2.05, 4.69) is 27.7 Å². The van der Waals surface area contributed by atoms with Crippen LogP contribution in [-0.2, 0) is 19.0 Å². The van der Waals surface area contributed by atoms with E-state index in [-0.39, 0.29) is 46.6 Å². The highest BCUT2D eigenvalue weighted by atomic mass is 16.7. The van der Waals surface area contributed by atoms with E-state index in [1.165, 1.54) is 7.11 Å². The first-order chi connectivity index (χ1) is 17.5. The molecule has 0 amide bonds. The van der Waals surface area contributed by atoms with Gasteiger partial charge in [0, 0.05) is 6.42 Å². The lowest BCUT2D eigenvalue weighted by Crippen LogP contribution is -2.66. The summed E-state index contributed by atoms with van der Waals surface area (Å²) in [5.74, 6) is 1.40. The van der Waals surface area contributed by atoms with Crippen molar-refractivity contribution in [3.8, 4) is 0 Å². The molecule has 0 saturated heterocycles. The van der Waals surface area contributed by atoms with Crippen molar-refractivity contribution in [1.82, 2.24) is 0 Å². The predicted octanol–water partition coefficient (Wildman–Crippen LogP) is 5.35. The number of carbonyl (C=O) groups excluding carboxylic acids is 2. The quantitative estimate of drug-likeness (QED) is 0.434. The van der Waals surface area contributed by atoms with Crippen LogP contribution in [0, 0.1) is 52.3 Å². The number of esters is 1. The summed E-state index contributed by atoms with van der Waals surface area (Å²) < 4.78 is 15.6. The Balaban J connectivity index is 1.58. The third-order valence-electron chi connectivity index (χ3n) is 11.6. The van der Waals surface area contributed by atoms with Gasteiger partial charge < -0.3 is 24.4 Å². The van der Waals surface area contributed by atoms with Crippen molar-refractivity contribution in [1.29, 1.82) is 0 Å². The van der Waals surface area contributed by atoms with Crippen LogP contribution in [0.15, 0.2) is 0 Å². The summed E-state index contributed by atoms with van der Waals surface area (Å²) in [5.41, 5.74) is -0.156. The third kappa shape index (κ3) is 4.92. The van der Waals surface area contributed by atoms with Gasteiger partial charge in [-0.3, -0.25) is 4.79 Å². The smallest absolute Gasteiger partial charge is 0.469 e. The van der Waals surface area contributed by atoms with E-state index in [1.54, 1.807) is 6.92 Å². The van der Waals surface area contributed by atoms with Crippen LogP contribution < -0.4 is 0 Å². The monoisotopic (exact) mass is 522 g/mol. The topological polar surface area (TPSA) is 102 Å². The van der Waals surface area contributed by atoms with Crippen molar-refractivity contribution in [3.05, 3.63) is 0 Å². The van der Waals surface area contributed by atoms with Crippen LogP contribution in [0.4, 0.5) is 4.79 Å². The first kappa shape index (κ1) is 28.7. The first-order valence-electron chi connectivity index (χ1n) is 14.8. The maximum absolute atomic E-state index is 12.0. The van der Waals surface area contributed by atoms with Gasteiger partial charge in [-0.25, -0.2) is 4.79 Å². The van der Waals surface area contributed by atoms with Gasteiger partial charge in [0.2, 0.25) is 0 Å². The molecular weight excluding hydrogens is 472 g/mol. The van der Waals surface area contributed by atoms with E-state index in [0.29, 0.717) is 30.8 Å². The molecule has 0 aliphatic heterocycles. The Bertz CT molecular complexity index is 831. The van der Waals surface area contributed by atoms with Gasteiger partial charge >= 0.3 is 12.1 Å². The minimum atomic E-state index is -0.606. The fraction of sp³-hybridized carbons (Fsp3) is 0.933. The lowest BCUT2D eigenvalue weighted by atomic mass is 9.40. The number of aliphatic hydroxyl groups excluding tert-OH is 2. The lowest BCUT2D eigenvalue weighted by Gasteiger charge is -2.66. The number of carbonyl (C=O) groups is 2. The zero-order chi connectivity index (χ0) is 27.1. The molecule has 0 bridgehead atoms. The molecule has 2 N–H and O–H groups in total. The second-order valence-electron chi connectivity index (χ2n) is 13.1. The highest BCUT2D eigenvalue weighted by Crippen LogP contribution is 2.69. The standard InChI is InChI=1S/C30H50O7/c1-7-19-22-15-18(37-28(34)36-8-2)13-14-29(22,4)26-23(31)16-30(5)20(17(3)9-12-24(32)35-6)10-11-21(30)25(26)27(19)33/h17-23,25-27,31,33H,7-16H2,1-6H3/t17-,18-,19-,20-,21?,22+,23+,25?,26?,27-,29+,30-/m1/s1. The fourth-order valence-corrected chi connectivity index (χ4v) is 10.1. The van der Waals surface area contributed by atoms with E-state index < -0.39 is 18.4 Å². The first-order valence-corrected chi connectivity index (χ1v) is 14.8. The zero-order valence-electron chi connectivity index (χ0n) is 23.8. The van der Waals surface area contributed by atoms with Crippen LogP contribution in [0.1, 0.15) is 92.4 Å². The predicted molar refractivity (Wildman–Crippen MR) is 139 cm³/mol. The number of ether oxygens (including phenoxy) is 3. The van der Waals surface area contributed by atoms with Crippen LogP contribution >= 0.6 is 0 Å². The van der Waals surface area contributed by atoms with E-state index in [1.807, 2.05) is 0 Å². The van der Waals surface area contributed by atoms with Crippen molar-refractivity contribution in [2.24, 2.45) is 52.3 Å². The van der Waals surface area contributed by atoms with E-state index in [0.717, 1.165) is 51.4 Å². The Labute approximate surface area is 223 Å². The SMILES string of the molecule is CCOC(=O)O[C@@H]1CC[C@]2(C)C3C(C4CC[C@H]([C@H](C)CCC(=O)OC)[C@@]4(C)C[C@@H]3O)[C@H](O)[C@H](CC)[C@@H]2C1. The van der Waals surface area contributed by atoms with Crippen LogP contribution in [-0.4, -0.2) is 54.4 Å². The minimum Gasteiger partial charge on any atom is -0.469 e. The van der Waals surface area contributed by atoms with Gasteiger partial charge in [-0.15, -0.1) is 0 Å². The second kappa shape index (κ2) is 11.0. The Morgan fingerprint density at radius 2 is 1.78 bits per heavy atom. The summed E-state index contributed by atoms with van der Waals surface area (Å²) in [7, 11) is 1.44. The number of aliphatic hydroxyl groups is 2. The molecule has 12 atom stereocenters. The summed E-state index contributed by atoms with van der Waals surface area (Å²) in [4.78, 5) is 23.8. The van der Waals surface area contributed by atoms with Crippen molar-refractivity contribution < 1.29 is 34.0 Å². The molecule has 4 saturated carbocycles. The molecule has 0 aromatic heterocycles. The Hall–Kier alpha value is -1.34. The summed E-state index contributed by atoms with van der Waals surface area (Å²) in [6.45, 7) is 11.2. The van der Waals surface area contributed by atoms with Crippen molar-refractivity contribution in [2.75, 3.05) is 13.7 Å². The van der Waals surface area contributed by atoms with Gasteiger partial charge in [0.15, 0.2) is 0 Å². The lowest BCUT2D eigenvalue weighted by molar-refractivity contribution is -0.236. The molecule has 37 heavy (non-hydrogen) atoms. The number of rotatable bonds is 7. The second-order valence-corrected chi connectivity index (χ2v) is 13.1. The summed E-state index contributed by atoms with van der Waals surface area (Å²) in [5, 5.41) is 23.8. The summed E-state index contributed by atoms with van der Waals surface area (Å²) in [6, 6.07) is 0. The number of hydrogen-bond acceptors (Lipinski definition) is 7. The molecule has 0 spiro atoms. The zero-order valence-corrected chi connectivity index (χ0v) is 23.8. The Morgan fingerprint density at radius 3 is 2.43 bits per heavy atom. The van der Waals surface area contributed by atoms with Gasteiger partial charge in [0.25, 0.3) is 0 Å². The highest BCUT2D eigenvalue weighted by Gasteiger charge is 2.67. The highest BCUT2D eigenvalue weighted by molar-refractivity contribution is 5.69. The van der Waals surface area contributed by atoms with Crippen molar-refractivity contribution in [3.63, 3.8) is 0 Å². The van der Waals surface area contributed by atoms with Gasteiger partial charge in [0.1, 0.15) is 6.10 Å². The molecule has 4 aliphatic carbocycles. The largest absolute Gasteiger partial charge is 0.508 e. The van der Waals surface area contributed by atoms with E-state index in [4.69, 9.17) is 14.2 Å². The van der Waals surface area contributed by atoms with Gasteiger partial charge in [-0.2, -0.15) is 0 Å². The third-order valence-corrected chi connectivity index (χ3v) is 11.6. The molecule has 212 valence electrons. The van der Waals surface area contributed by atoms with Crippen LogP contribution in [0.25, 0.3) is 0 Å². The average Bonchev–Trinajstić information content (AvgIpc) is 3.19. The molecule has 3 unspecified atom stereocenters. The van der Waals surface area contributed by atoms with E-state index in [9.17, 15) is 19.8 Å². The molecule has 0 aromatic rings. The average molecular weight is 523 g/mol. The molecule has 0 radical (unpaired) electrons. The normalized spacial score (nSPS) is 45.7. The molecule has 4 aliphatic rings. The minimum absolute atomic E-state index is 0.0426. The number of fused-ring (bicyclic) bond motifs is 5. The van der Waals surface area contributed by atoms with Crippen LogP contribution in [0.5, 0.6) is 0 Å². The Morgan fingerprint density at radius 1 is 1.05 bits per heavy atom. The molecule has 7 heteroatoms. The van der Waals surface area contributed by atoms with E-state index >= 15 is 0 Å². The van der Waals surface area contributed by atoms with Crippen molar-refractivity contribution in [2.45, 2.75) is 111 Å². The van der Waals surface area contributed by atoms with Crippen LogP contribution in [0.2, 0.25) is 0 Å². The summed E-state index contributed by atoms with van der Waals surface area (Å²) >= 11 is 0. The van der Waals surface area contributed by atoms with Gasteiger partial charge in [-0.05, 0) is 104 Å². The molecular formula is C30H50O7. The number of hydrogen-bond donors (Lipinski definition) is 2. The molecule has 0 heterocycles. The number of methoxy groups -OCH3 is 1. The van der Waals surface area contributed by atoms with Gasteiger partial charge in [0.05, 0.1) is 25.9 Å². The van der Waals surface area contributed by atoms with Crippen molar-refractivity contribution >= 4 is 12.1 Å².